The lowest BCUT2D eigenvalue weighted by molar-refractivity contribution is -0.129. The SMILES string of the molecule is CCC(CCBr)C(=N)C(=O)O. The van der Waals surface area contributed by atoms with Crippen molar-refractivity contribution >= 4 is 27.6 Å². The average Bonchev–Trinajstić information content (AvgIpc) is 1.98. The van der Waals surface area contributed by atoms with Gasteiger partial charge < -0.3 is 5.11 Å². The third-order valence-electron chi connectivity index (χ3n) is 1.59. The molecule has 0 saturated carbocycles. The monoisotopic (exact) mass is 221 g/mol. The molecule has 0 amide bonds. The van der Waals surface area contributed by atoms with Crippen molar-refractivity contribution in [3.05, 3.63) is 0 Å². The molecule has 0 aromatic carbocycles. The van der Waals surface area contributed by atoms with Gasteiger partial charge in [0, 0.05) is 11.2 Å². The topological polar surface area (TPSA) is 61.2 Å². The van der Waals surface area contributed by atoms with Crippen molar-refractivity contribution in [2.75, 3.05) is 5.33 Å². The van der Waals surface area contributed by atoms with Crippen LogP contribution in [-0.2, 0) is 4.79 Å². The predicted octanol–water partition coefficient (Wildman–Crippen LogP) is 1.90. The number of aliphatic carboxylic acids is 1. The zero-order valence-corrected chi connectivity index (χ0v) is 8.02. The maximum Gasteiger partial charge on any atom is 0.349 e. The Hall–Kier alpha value is -0.380. The number of halogens is 1. The fourth-order valence-electron chi connectivity index (χ4n) is 0.859. The molecule has 0 spiro atoms. The Kier molecular flexibility index (Phi) is 5.11. The second-order valence-corrected chi connectivity index (χ2v) is 3.09. The molecule has 2 N–H and O–H groups in total. The fraction of sp³-hybridized carbons (Fsp3) is 0.714. The summed E-state index contributed by atoms with van der Waals surface area (Å²) in [7, 11) is 0. The summed E-state index contributed by atoms with van der Waals surface area (Å²) in [6.07, 6.45) is 1.44. The van der Waals surface area contributed by atoms with Crippen molar-refractivity contribution in [3.8, 4) is 0 Å². The smallest absolute Gasteiger partial charge is 0.349 e. The molecule has 0 bridgehead atoms. The number of carbonyl (C=O) groups is 1. The Morgan fingerprint density at radius 1 is 1.73 bits per heavy atom. The molecule has 1 unspecified atom stereocenters. The van der Waals surface area contributed by atoms with Crippen LogP contribution >= 0.6 is 15.9 Å². The summed E-state index contributed by atoms with van der Waals surface area (Å²) in [5.74, 6) is -1.20. The summed E-state index contributed by atoms with van der Waals surface area (Å²) in [5.41, 5.74) is -0.174. The van der Waals surface area contributed by atoms with Crippen molar-refractivity contribution in [2.24, 2.45) is 5.92 Å². The Morgan fingerprint density at radius 3 is 2.55 bits per heavy atom. The van der Waals surface area contributed by atoms with E-state index in [-0.39, 0.29) is 11.6 Å². The lowest BCUT2D eigenvalue weighted by Gasteiger charge is -2.10. The van der Waals surface area contributed by atoms with Crippen LogP contribution in [-0.4, -0.2) is 22.1 Å². The predicted molar refractivity (Wildman–Crippen MR) is 47.6 cm³/mol. The molecule has 0 aliphatic rings. The molecule has 0 aliphatic heterocycles. The molecule has 0 heterocycles. The summed E-state index contributed by atoms with van der Waals surface area (Å²) in [6, 6.07) is 0. The van der Waals surface area contributed by atoms with Gasteiger partial charge in [-0.25, -0.2) is 4.79 Å². The number of carboxylic acid groups (broad SMARTS) is 1. The molecule has 0 aliphatic carbocycles. The van der Waals surface area contributed by atoms with E-state index in [2.05, 4.69) is 15.9 Å². The van der Waals surface area contributed by atoms with Gasteiger partial charge in [0.15, 0.2) is 0 Å². The standard InChI is InChI=1S/C7H12BrNO2/c1-2-5(3-4-8)6(9)7(10)11/h5,9H,2-4H2,1H3,(H,10,11). The van der Waals surface area contributed by atoms with E-state index < -0.39 is 5.97 Å². The van der Waals surface area contributed by atoms with Crippen LogP contribution in [0.1, 0.15) is 19.8 Å². The highest BCUT2D eigenvalue weighted by Gasteiger charge is 2.17. The normalized spacial score (nSPS) is 12.5. The van der Waals surface area contributed by atoms with Crippen LogP contribution in [0, 0.1) is 11.3 Å². The third-order valence-corrected chi connectivity index (χ3v) is 2.05. The average molecular weight is 222 g/mol. The maximum absolute atomic E-state index is 10.3. The van der Waals surface area contributed by atoms with Crippen molar-refractivity contribution in [2.45, 2.75) is 19.8 Å². The van der Waals surface area contributed by atoms with Gasteiger partial charge in [0.1, 0.15) is 5.71 Å². The number of nitrogens with one attached hydrogen (secondary N) is 1. The van der Waals surface area contributed by atoms with Gasteiger partial charge in [0.05, 0.1) is 0 Å². The van der Waals surface area contributed by atoms with E-state index in [0.717, 1.165) is 18.2 Å². The summed E-state index contributed by atoms with van der Waals surface area (Å²) >= 11 is 3.22. The van der Waals surface area contributed by atoms with Crippen LogP contribution in [0.25, 0.3) is 0 Å². The van der Waals surface area contributed by atoms with Crippen molar-refractivity contribution in [1.29, 1.82) is 5.41 Å². The quantitative estimate of drug-likeness (QED) is 0.551. The third kappa shape index (κ3) is 3.51. The molecule has 0 aromatic heterocycles. The summed E-state index contributed by atoms with van der Waals surface area (Å²) in [5, 5.41) is 16.4. The second-order valence-electron chi connectivity index (χ2n) is 2.30. The minimum Gasteiger partial charge on any atom is -0.477 e. The first-order chi connectivity index (χ1) is 5.13. The zero-order valence-electron chi connectivity index (χ0n) is 6.43. The van der Waals surface area contributed by atoms with Gasteiger partial charge in [0.25, 0.3) is 0 Å². The molecule has 0 aromatic rings. The molecule has 3 nitrogen and oxygen atoms in total. The second kappa shape index (κ2) is 5.29. The molecule has 0 radical (unpaired) electrons. The molecule has 11 heavy (non-hydrogen) atoms. The van der Waals surface area contributed by atoms with Crippen LogP contribution in [0.3, 0.4) is 0 Å². The number of hydrogen-bond donors (Lipinski definition) is 2. The summed E-state index contributed by atoms with van der Waals surface area (Å²) in [4.78, 5) is 10.3. The molecule has 0 fully saturated rings. The van der Waals surface area contributed by atoms with Crippen molar-refractivity contribution < 1.29 is 9.90 Å². The van der Waals surface area contributed by atoms with E-state index in [9.17, 15) is 4.79 Å². The van der Waals surface area contributed by atoms with Gasteiger partial charge in [-0.05, 0) is 12.8 Å². The minimum absolute atomic E-state index is 0.105. The zero-order chi connectivity index (χ0) is 8.85. The molecular weight excluding hydrogens is 210 g/mol. The van der Waals surface area contributed by atoms with Crippen LogP contribution in [0.2, 0.25) is 0 Å². The first kappa shape index (κ1) is 10.6. The Balaban J connectivity index is 4.02. The Bertz CT molecular complexity index is 159. The fourth-order valence-corrected chi connectivity index (χ4v) is 1.41. The maximum atomic E-state index is 10.3. The van der Waals surface area contributed by atoms with Gasteiger partial charge >= 0.3 is 5.97 Å². The molecule has 0 rings (SSSR count). The van der Waals surface area contributed by atoms with E-state index in [4.69, 9.17) is 10.5 Å². The van der Waals surface area contributed by atoms with Crippen LogP contribution in [0.4, 0.5) is 0 Å². The van der Waals surface area contributed by atoms with Gasteiger partial charge in [-0.15, -0.1) is 0 Å². The van der Waals surface area contributed by atoms with Gasteiger partial charge in [-0.2, -0.15) is 0 Å². The van der Waals surface area contributed by atoms with Crippen LogP contribution in [0.15, 0.2) is 0 Å². The number of hydrogen-bond acceptors (Lipinski definition) is 2. The van der Waals surface area contributed by atoms with Crippen molar-refractivity contribution in [3.63, 3.8) is 0 Å². The van der Waals surface area contributed by atoms with E-state index in [1.807, 2.05) is 6.92 Å². The first-order valence-electron chi connectivity index (χ1n) is 3.51. The highest BCUT2D eigenvalue weighted by atomic mass is 79.9. The highest BCUT2D eigenvalue weighted by molar-refractivity contribution is 9.09. The molecule has 64 valence electrons. The Labute approximate surface area is 74.4 Å². The van der Waals surface area contributed by atoms with E-state index in [0.29, 0.717) is 0 Å². The largest absolute Gasteiger partial charge is 0.477 e. The van der Waals surface area contributed by atoms with Gasteiger partial charge in [0.2, 0.25) is 0 Å². The van der Waals surface area contributed by atoms with Crippen LogP contribution in [0.5, 0.6) is 0 Å². The number of rotatable bonds is 5. The van der Waals surface area contributed by atoms with E-state index in [1.54, 1.807) is 0 Å². The van der Waals surface area contributed by atoms with Gasteiger partial charge in [-0.3, -0.25) is 5.41 Å². The van der Waals surface area contributed by atoms with Gasteiger partial charge in [-0.1, -0.05) is 22.9 Å². The molecule has 0 saturated heterocycles. The molecule has 4 heteroatoms. The summed E-state index contributed by atoms with van der Waals surface area (Å²) < 4.78 is 0. The van der Waals surface area contributed by atoms with E-state index in [1.165, 1.54) is 0 Å². The summed E-state index contributed by atoms with van der Waals surface area (Å²) in [6.45, 7) is 1.89. The lowest BCUT2D eigenvalue weighted by atomic mass is 9.98. The van der Waals surface area contributed by atoms with Crippen LogP contribution < -0.4 is 0 Å². The highest BCUT2D eigenvalue weighted by Crippen LogP contribution is 2.11. The lowest BCUT2D eigenvalue weighted by Crippen LogP contribution is -2.22. The van der Waals surface area contributed by atoms with Crippen molar-refractivity contribution in [1.82, 2.24) is 0 Å². The molecular formula is C7H12BrNO2. The minimum atomic E-state index is -1.10. The number of alkyl halides is 1. The van der Waals surface area contributed by atoms with E-state index >= 15 is 0 Å². The first-order valence-corrected chi connectivity index (χ1v) is 4.63. The Morgan fingerprint density at radius 2 is 2.27 bits per heavy atom. The number of carboxylic acids is 1. The molecule has 1 atom stereocenters.